The standard InChI is InChI=1S/C27H31FN8O2S3/c1-4-20-23(33(2)24-31-22(21(17-29)39-24)18-5-7-19(28)8-6-18)36-25(30-20)40-26(32-36)34-13-9-27(10-14-34)11-15-35(16-12-27)41(3,37)38/h5-8H,4,9-16H2,1-3H3. The molecule has 0 amide bonds. The minimum Gasteiger partial charge on any atom is -0.347 e. The predicted octanol–water partition coefficient (Wildman–Crippen LogP) is 4.90. The fourth-order valence-corrected chi connectivity index (χ4v) is 8.52. The highest BCUT2D eigenvalue weighted by atomic mass is 32.2. The zero-order valence-electron chi connectivity index (χ0n) is 23.2. The fourth-order valence-electron chi connectivity index (χ4n) is 5.86. The van der Waals surface area contributed by atoms with Crippen LogP contribution in [0.1, 0.15) is 43.2 Å². The van der Waals surface area contributed by atoms with Gasteiger partial charge in [-0.15, -0.1) is 5.10 Å². The number of hydrogen-bond donors (Lipinski definition) is 0. The summed E-state index contributed by atoms with van der Waals surface area (Å²) in [5.41, 5.74) is 2.31. The van der Waals surface area contributed by atoms with Crippen molar-refractivity contribution in [3.63, 3.8) is 0 Å². The number of aryl methyl sites for hydroxylation is 1. The highest BCUT2D eigenvalue weighted by Crippen LogP contribution is 2.44. The van der Waals surface area contributed by atoms with Crippen molar-refractivity contribution in [2.45, 2.75) is 39.0 Å². The third-order valence-corrected chi connectivity index (χ3v) is 11.7. The number of nitriles is 1. The van der Waals surface area contributed by atoms with E-state index in [1.807, 2.05) is 16.5 Å². The summed E-state index contributed by atoms with van der Waals surface area (Å²) in [6.07, 6.45) is 5.85. The van der Waals surface area contributed by atoms with Crippen LogP contribution in [0.25, 0.3) is 16.2 Å². The van der Waals surface area contributed by atoms with E-state index >= 15 is 0 Å². The smallest absolute Gasteiger partial charge is 0.216 e. The number of imidazole rings is 1. The van der Waals surface area contributed by atoms with Gasteiger partial charge in [-0.05, 0) is 61.8 Å². The van der Waals surface area contributed by atoms with Crippen molar-refractivity contribution in [1.29, 1.82) is 5.26 Å². The lowest BCUT2D eigenvalue weighted by molar-refractivity contribution is 0.119. The van der Waals surface area contributed by atoms with Crippen molar-refractivity contribution in [2.75, 3.05) is 49.3 Å². The highest BCUT2D eigenvalue weighted by molar-refractivity contribution is 7.88. The average Bonchev–Trinajstić information content (AvgIpc) is 3.66. The van der Waals surface area contributed by atoms with Crippen LogP contribution in [0.2, 0.25) is 0 Å². The number of fused-ring (bicyclic) bond motifs is 1. The molecule has 4 aromatic rings. The Kier molecular flexibility index (Phi) is 7.25. The van der Waals surface area contributed by atoms with Crippen LogP contribution in [0.15, 0.2) is 24.3 Å². The highest BCUT2D eigenvalue weighted by Gasteiger charge is 2.40. The van der Waals surface area contributed by atoms with Gasteiger partial charge in [-0.25, -0.2) is 27.1 Å². The van der Waals surface area contributed by atoms with Gasteiger partial charge >= 0.3 is 0 Å². The molecule has 10 nitrogen and oxygen atoms in total. The molecular formula is C27H31FN8O2S3. The lowest BCUT2D eigenvalue weighted by Gasteiger charge is -2.46. The first kappa shape index (κ1) is 28.0. The van der Waals surface area contributed by atoms with Gasteiger partial charge in [0.2, 0.25) is 20.1 Å². The minimum atomic E-state index is -3.13. The lowest BCUT2D eigenvalue weighted by atomic mass is 9.72. The molecule has 0 unspecified atom stereocenters. The third kappa shape index (κ3) is 5.20. The molecule has 1 aromatic carbocycles. The molecule has 0 saturated carbocycles. The summed E-state index contributed by atoms with van der Waals surface area (Å²) < 4.78 is 40.9. The molecule has 2 aliphatic rings. The van der Waals surface area contributed by atoms with Gasteiger partial charge in [-0.2, -0.15) is 9.78 Å². The van der Waals surface area contributed by atoms with Crippen molar-refractivity contribution in [3.8, 4) is 17.3 Å². The van der Waals surface area contributed by atoms with Gasteiger partial charge in [0.1, 0.15) is 22.5 Å². The Morgan fingerprint density at radius 2 is 1.73 bits per heavy atom. The Labute approximate surface area is 246 Å². The van der Waals surface area contributed by atoms with E-state index in [2.05, 4.69) is 17.9 Å². The van der Waals surface area contributed by atoms with Crippen molar-refractivity contribution in [3.05, 3.63) is 40.7 Å². The molecule has 0 N–H and O–H groups in total. The topological polar surface area (TPSA) is 111 Å². The van der Waals surface area contributed by atoms with E-state index in [0.29, 0.717) is 40.8 Å². The first-order valence-corrected chi connectivity index (χ1v) is 17.1. The van der Waals surface area contributed by atoms with Crippen LogP contribution >= 0.6 is 22.7 Å². The number of piperidine rings is 2. The number of rotatable bonds is 6. The first-order valence-electron chi connectivity index (χ1n) is 13.6. The number of aromatic nitrogens is 4. The molecule has 41 heavy (non-hydrogen) atoms. The molecule has 5 heterocycles. The molecule has 0 aliphatic carbocycles. The van der Waals surface area contributed by atoms with Crippen molar-refractivity contribution in [1.82, 2.24) is 23.9 Å². The van der Waals surface area contributed by atoms with E-state index in [1.54, 1.807) is 27.8 Å². The summed E-state index contributed by atoms with van der Waals surface area (Å²) in [5.74, 6) is 0.477. The van der Waals surface area contributed by atoms with Gasteiger partial charge in [0.05, 0.1) is 11.9 Å². The van der Waals surface area contributed by atoms with E-state index in [9.17, 15) is 18.1 Å². The first-order chi connectivity index (χ1) is 19.6. The van der Waals surface area contributed by atoms with Gasteiger partial charge < -0.3 is 9.80 Å². The molecule has 1 spiro atoms. The number of benzene rings is 1. The van der Waals surface area contributed by atoms with Crippen LogP contribution < -0.4 is 9.80 Å². The fraction of sp³-hybridized carbons (Fsp3) is 0.481. The second-order valence-corrected chi connectivity index (χ2v) is 14.7. The third-order valence-electron chi connectivity index (χ3n) is 8.36. The Hall–Kier alpha value is -3.12. The Morgan fingerprint density at radius 3 is 2.34 bits per heavy atom. The van der Waals surface area contributed by atoms with Crippen molar-refractivity contribution in [2.24, 2.45) is 5.41 Å². The van der Waals surface area contributed by atoms with Crippen molar-refractivity contribution >= 4 is 53.7 Å². The van der Waals surface area contributed by atoms with Crippen LogP contribution in [0.5, 0.6) is 0 Å². The van der Waals surface area contributed by atoms with E-state index < -0.39 is 10.0 Å². The maximum atomic E-state index is 13.5. The molecule has 2 fully saturated rings. The van der Waals surface area contributed by atoms with E-state index in [0.717, 1.165) is 60.4 Å². The van der Waals surface area contributed by atoms with Gasteiger partial charge in [-0.3, -0.25) is 0 Å². The number of anilines is 3. The molecule has 2 aliphatic heterocycles. The molecular weight excluding hydrogens is 584 g/mol. The van der Waals surface area contributed by atoms with Crippen LogP contribution in [0, 0.1) is 22.6 Å². The molecule has 6 rings (SSSR count). The van der Waals surface area contributed by atoms with Crippen LogP contribution in [-0.4, -0.2) is 71.8 Å². The number of hydrogen-bond acceptors (Lipinski definition) is 10. The largest absolute Gasteiger partial charge is 0.347 e. The molecule has 0 atom stereocenters. The zero-order valence-corrected chi connectivity index (χ0v) is 25.6. The van der Waals surface area contributed by atoms with E-state index in [-0.39, 0.29) is 11.2 Å². The Bertz CT molecular complexity index is 1720. The minimum absolute atomic E-state index is 0.196. The molecule has 3 aromatic heterocycles. The van der Waals surface area contributed by atoms with Crippen LogP contribution in [0.4, 0.5) is 20.5 Å². The SMILES string of the molecule is CCc1nc2sc(N3CCC4(CC3)CCN(S(C)(=O)=O)CC4)nn2c1N(C)c1nc(-c2ccc(F)cc2)c(C#N)s1. The maximum Gasteiger partial charge on any atom is 0.216 e. The van der Waals surface area contributed by atoms with Crippen LogP contribution in [0.3, 0.4) is 0 Å². The predicted molar refractivity (Wildman–Crippen MR) is 160 cm³/mol. The number of thiazole rings is 1. The summed E-state index contributed by atoms with van der Waals surface area (Å²) >= 11 is 2.85. The quantitative estimate of drug-likeness (QED) is 0.302. The molecule has 2 saturated heterocycles. The second-order valence-electron chi connectivity index (χ2n) is 10.8. The van der Waals surface area contributed by atoms with Gasteiger partial charge in [0.25, 0.3) is 0 Å². The molecule has 216 valence electrons. The van der Waals surface area contributed by atoms with E-state index in [1.165, 1.54) is 29.7 Å². The van der Waals surface area contributed by atoms with E-state index in [4.69, 9.17) is 15.1 Å². The molecule has 0 bridgehead atoms. The lowest BCUT2D eigenvalue weighted by Crippen LogP contribution is -2.48. The molecule has 0 radical (unpaired) electrons. The summed E-state index contributed by atoms with van der Waals surface area (Å²) in [6.45, 7) is 5.01. The number of nitrogens with zero attached hydrogens (tertiary/aromatic N) is 8. The summed E-state index contributed by atoms with van der Waals surface area (Å²) in [6, 6.07) is 8.24. The summed E-state index contributed by atoms with van der Waals surface area (Å²) in [5, 5.41) is 16.3. The summed E-state index contributed by atoms with van der Waals surface area (Å²) in [4.78, 5) is 15.2. The van der Waals surface area contributed by atoms with Crippen molar-refractivity contribution < 1.29 is 12.8 Å². The maximum absolute atomic E-state index is 13.5. The normalized spacial score (nSPS) is 17.8. The Morgan fingerprint density at radius 1 is 1.07 bits per heavy atom. The summed E-state index contributed by atoms with van der Waals surface area (Å²) in [7, 11) is -1.23. The zero-order chi connectivity index (χ0) is 28.9. The van der Waals surface area contributed by atoms with Crippen LogP contribution in [-0.2, 0) is 16.4 Å². The number of sulfonamides is 1. The second kappa shape index (κ2) is 10.6. The average molecular weight is 615 g/mol. The Balaban J connectivity index is 1.24. The monoisotopic (exact) mass is 614 g/mol. The number of halogens is 1. The molecule has 14 heteroatoms. The van der Waals surface area contributed by atoms with Gasteiger partial charge in [0.15, 0.2) is 10.9 Å². The van der Waals surface area contributed by atoms with Gasteiger partial charge in [0, 0.05) is 38.8 Å². The van der Waals surface area contributed by atoms with Gasteiger partial charge in [-0.1, -0.05) is 29.6 Å².